The molecule has 1 aliphatic rings. The Kier molecular flexibility index (Phi) is 12.7. The molecule has 1 atom stereocenters. The van der Waals surface area contributed by atoms with Crippen LogP contribution in [0.3, 0.4) is 0 Å². The van der Waals surface area contributed by atoms with Crippen molar-refractivity contribution in [2.45, 2.75) is 45.3 Å². The highest BCUT2D eigenvalue weighted by Crippen LogP contribution is 2.33. The van der Waals surface area contributed by atoms with Gasteiger partial charge in [0.25, 0.3) is 11.8 Å². The molecule has 1 aliphatic heterocycles. The van der Waals surface area contributed by atoms with E-state index in [9.17, 15) is 19.5 Å². The van der Waals surface area contributed by atoms with Crippen LogP contribution in [0.5, 0.6) is 5.75 Å². The predicted molar refractivity (Wildman–Crippen MR) is 173 cm³/mol. The lowest BCUT2D eigenvalue weighted by Crippen LogP contribution is -2.46. The highest BCUT2D eigenvalue weighted by Gasteiger charge is 2.27. The van der Waals surface area contributed by atoms with E-state index in [0.717, 1.165) is 75.1 Å². The van der Waals surface area contributed by atoms with E-state index in [4.69, 9.17) is 32.7 Å². The topological polar surface area (TPSA) is 113 Å². The van der Waals surface area contributed by atoms with E-state index >= 15 is 0 Å². The van der Waals surface area contributed by atoms with Crippen molar-refractivity contribution in [1.82, 2.24) is 14.8 Å². The number of carboxylic acid groups (broad SMARTS) is 1. The second-order valence-electron chi connectivity index (χ2n) is 10.8. The van der Waals surface area contributed by atoms with Crippen molar-refractivity contribution in [3.63, 3.8) is 0 Å². The number of aliphatic carboxylic acids is 1. The molecule has 0 aliphatic carbocycles. The van der Waals surface area contributed by atoms with Gasteiger partial charge in [-0.15, -0.1) is 0 Å². The molecule has 2 aromatic carbocycles. The van der Waals surface area contributed by atoms with Crippen LogP contribution in [0, 0.1) is 0 Å². The van der Waals surface area contributed by atoms with Gasteiger partial charge in [0.2, 0.25) is 0 Å². The number of ether oxygens (including phenoxy) is 2. The van der Waals surface area contributed by atoms with Crippen LogP contribution in [-0.4, -0.2) is 78.9 Å². The third kappa shape index (κ3) is 9.11. The molecular weight excluding hydrogens is 607 g/mol. The number of hydrogen-bond donors (Lipinski definition) is 2. The van der Waals surface area contributed by atoms with E-state index < -0.39 is 23.7 Å². The summed E-state index contributed by atoms with van der Waals surface area (Å²) in [6, 6.07) is 13.7. The van der Waals surface area contributed by atoms with Crippen LogP contribution in [0.1, 0.15) is 45.3 Å². The number of halogens is 2. The second kappa shape index (κ2) is 16.7. The molecular formula is C32H40Cl2N4O6. The lowest BCUT2D eigenvalue weighted by Gasteiger charge is -2.36. The second-order valence-corrected chi connectivity index (χ2v) is 11.6. The molecule has 0 bridgehead atoms. The number of rotatable bonds is 16. The Balaban J connectivity index is 1.29. The third-order valence-corrected chi connectivity index (χ3v) is 8.41. The number of benzene rings is 2. The number of aromatic nitrogens is 1. The Bertz CT molecular complexity index is 1470. The predicted octanol–water partition coefficient (Wildman–Crippen LogP) is 5.20. The molecule has 44 heavy (non-hydrogen) atoms. The molecule has 0 radical (unpaired) electrons. The van der Waals surface area contributed by atoms with Gasteiger partial charge in [-0.2, -0.15) is 0 Å². The smallest absolute Gasteiger partial charge is 0.367 e. The summed E-state index contributed by atoms with van der Waals surface area (Å²) >= 11 is 12.6. The quantitative estimate of drug-likeness (QED) is 0.160. The number of fused-ring (bicyclic) bond motifs is 1. The number of anilines is 1. The first-order chi connectivity index (χ1) is 21.3. The summed E-state index contributed by atoms with van der Waals surface area (Å²) in [5.74, 6) is -1.70. The highest BCUT2D eigenvalue weighted by molar-refractivity contribution is 6.43. The third-order valence-electron chi connectivity index (χ3n) is 7.60. The maximum atomic E-state index is 12.8. The first-order valence-electron chi connectivity index (χ1n) is 15.1. The van der Waals surface area contributed by atoms with Crippen LogP contribution in [0.25, 0.3) is 10.9 Å². The van der Waals surface area contributed by atoms with Gasteiger partial charge < -0.3 is 24.8 Å². The van der Waals surface area contributed by atoms with E-state index in [2.05, 4.69) is 22.0 Å². The molecule has 1 unspecified atom stereocenters. The number of carbonyl (C=O) groups excluding carboxylic acids is 1. The van der Waals surface area contributed by atoms with E-state index in [0.29, 0.717) is 39.8 Å². The first kappa shape index (κ1) is 33.6. The zero-order valence-electron chi connectivity index (χ0n) is 25.0. The first-order valence-corrected chi connectivity index (χ1v) is 15.9. The minimum atomic E-state index is -1.80. The van der Waals surface area contributed by atoms with Crippen molar-refractivity contribution in [1.29, 1.82) is 0 Å². The summed E-state index contributed by atoms with van der Waals surface area (Å²) in [6.07, 6.45) is 2.93. The van der Waals surface area contributed by atoms with Crippen LogP contribution in [0.2, 0.25) is 10.0 Å². The lowest BCUT2D eigenvalue weighted by molar-refractivity contribution is -0.170. The van der Waals surface area contributed by atoms with Gasteiger partial charge in [-0.3, -0.25) is 19.1 Å². The van der Waals surface area contributed by atoms with Crippen LogP contribution in [-0.2, 0) is 14.3 Å². The number of nitrogens with zero attached hydrogens (tertiary/aromatic N) is 3. The van der Waals surface area contributed by atoms with Crippen LogP contribution in [0.4, 0.5) is 5.69 Å². The number of carboxylic acids is 1. The van der Waals surface area contributed by atoms with E-state index in [1.165, 1.54) is 6.07 Å². The Hall–Kier alpha value is -3.31. The summed E-state index contributed by atoms with van der Waals surface area (Å²) in [4.78, 5) is 42.0. The number of pyridine rings is 1. The molecule has 1 fully saturated rings. The number of hydrogen-bond acceptors (Lipinski definition) is 8. The van der Waals surface area contributed by atoms with E-state index in [1.54, 1.807) is 30.3 Å². The van der Waals surface area contributed by atoms with Gasteiger partial charge in [0.05, 0.1) is 34.4 Å². The number of esters is 1. The molecule has 10 nitrogen and oxygen atoms in total. The van der Waals surface area contributed by atoms with Crippen molar-refractivity contribution in [3.05, 3.63) is 68.9 Å². The van der Waals surface area contributed by atoms with E-state index in [1.807, 2.05) is 12.1 Å². The largest absolute Gasteiger partial charge is 0.494 e. The van der Waals surface area contributed by atoms with Crippen LogP contribution < -0.4 is 20.5 Å². The number of nitrogens with one attached hydrogen (secondary N) is 1. The fraction of sp³-hybridized carbons (Fsp3) is 0.469. The number of carbonyl (C=O) groups is 2. The monoisotopic (exact) mass is 646 g/mol. The fourth-order valence-corrected chi connectivity index (χ4v) is 5.63. The normalized spacial score (nSPS) is 14.5. The Morgan fingerprint density at radius 3 is 2.52 bits per heavy atom. The lowest BCUT2D eigenvalue weighted by atomic mass is 10.2. The zero-order valence-corrected chi connectivity index (χ0v) is 26.5. The number of piperazine rings is 1. The maximum absolute atomic E-state index is 12.8. The van der Waals surface area contributed by atoms with Gasteiger partial charge in [0, 0.05) is 38.3 Å². The molecule has 3 aromatic rings. The van der Waals surface area contributed by atoms with Gasteiger partial charge >= 0.3 is 11.9 Å². The average Bonchev–Trinajstić information content (AvgIpc) is 3.01. The Morgan fingerprint density at radius 1 is 1.00 bits per heavy atom. The summed E-state index contributed by atoms with van der Waals surface area (Å²) in [7, 11) is 0. The molecule has 1 aromatic heterocycles. The van der Waals surface area contributed by atoms with Gasteiger partial charge in [-0.25, -0.2) is 4.79 Å². The summed E-state index contributed by atoms with van der Waals surface area (Å²) < 4.78 is 12.2. The van der Waals surface area contributed by atoms with Crippen molar-refractivity contribution in [3.8, 4) is 5.75 Å². The minimum absolute atomic E-state index is 0.146. The molecule has 1 saturated heterocycles. The zero-order chi connectivity index (χ0) is 31.5. The molecule has 0 spiro atoms. The summed E-state index contributed by atoms with van der Waals surface area (Å²) in [6.45, 7) is 7.55. The molecule has 0 saturated carbocycles. The van der Waals surface area contributed by atoms with Gasteiger partial charge in [-0.05, 0) is 68.1 Å². The van der Waals surface area contributed by atoms with Gasteiger partial charge in [0.1, 0.15) is 5.75 Å². The van der Waals surface area contributed by atoms with Crippen LogP contribution >= 0.6 is 23.2 Å². The van der Waals surface area contributed by atoms with Crippen molar-refractivity contribution in [2.75, 3.05) is 57.3 Å². The van der Waals surface area contributed by atoms with Crippen LogP contribution in [0.15, 0.2) is 53.3 Å². The Morgan fingerprint density at radius 2 is 1.77 bits per heavy atom. The van der Waals surface area contributed by atoms with Gasteiger partial charge in [-0.1, -0.05) is 49.0 Å². The van der Waals surface area contributed by atoms with Crippen molar-refractivity contribution >= 4 is 51.7 Å². The molecule has 12 heteroatoms. The SMILES string of the molecule is CCCCCNCC(=O)OC(C(=O)O)n1c(=O)ccc2ccc(OCCCCN3CCN(c4cccc(Cl)c4Cl)CC3)cc21. The fourth-order valence-electron chi connectivity index (χ4n) is 5.21. The van der Waals surface area contributed by atoms with Gasteiger partial charge in [0.15, 0.2) is 0 Å². The molecule has 4 rings (SSSR count). The molecule has 2 N–H and O–H groups in total. The number of unbranched alkanes of at least 4 members (excludes halogenated alkanes) is 3. The standard InChI is InChI=1S/C32H40Cl2N4O6/c1-2-3-4-14-35-22-29(40)44-31(32(41)42)38-27-21-24(12-10-23(27)11-13-28(38)39)43-20-6-5-15-36-16-18-37(19-17-36)26-9-7-8-25(33)30(26)34/h7-13,21,31,35H,2-6,14-20,22H2,1H3,(H,41,42). The maximum Gasteiger partial charge on any atom is 0.367 e. The molecule has 0 amide bonds. The Labute approximate surface area is 267 Å². The summed E-state index contributed by atoms with van der Waals surface area (Å²) in [5, 5.41) is 14.6. The molecule has 2 heterocycles. The average molecular weight is 648 g/mol. The summed E-state index contributed by atoms with van der Waals surface area (Å²) in [5.41, 5.74) is 0.683. The van der Waals surface area contributed by atoms with Crippen molar-refractivity contribution < 1.29 is 24.2 Å². The minimum Gasteiger partial charge on any atom is -0.494 e. The van der Waals surface area contributed by atoms with Crippen molar-refractivity contribution in [2.24, 2.45) is 0 Å². The highest BCUT2D eigenvalue weighted by atomic mass is 35.5. The van der Waals surface area contributed by atoms with E-state index in [-0.39, 0.29) is 6.54 Å². The molecule has 238 valence electrons.